The van der Waals surface area contributed by atoms with E-state index in [9.17, 15) is 19.2 Å². The van der Waals surface area contributed by atoms with E-state index in [1.807, 2.05) is 60.7 Å². The number of esters is 4. The molecule has 4 unspecified atom stereocenters. The summed E-state index contributed by atoms with van der Waals surface area (Å²) in [7, 11) is 0. The van der Waals surface area contributed by atoms with Gasteiger partial charge in [0.25, 0.3) is 0 Å². The van der Waals surface area contributed by atoms with Crippen LogP contribution in [0.2, 0.25) is 0 Å². The van der Waals surface area contributed by atoms with E-state index in [1.165, 1.54) is 141 Å². The van der Waals surface area contributed by atoms with Crippen molar-refractivity contribution < 1.29 is 38.1 Å². The minimum Gasteiger partial charge on any atom is -0.426 e. The Morgan fingerprint density at radius 2 is 0.625 bits per heavy atom. The van der Waals surface area contributed by atoms with Crippen LogP contribution in [0.25, 0.3) is 0 Å². The molecule has 8 heteroatoms. The first-order valence-corrected chi connectivity index (χ1v) is 35.2. The van der Waals surface area contributed by atoms with E-state index < -0.39 is 11.8 Å². The van der Waals surface area contributed by atoms with E-state index in [2.05, 4.69) is 109 Å². The molecular weight excluding hydrogens is 1090 g/mol. The molecule has 4 atom stereocenters. The minimum atomic E-state index is -0.663. The Kier molecular flexibility index (Phi) is 28.0. The number of benzene rings is 4. The van der Waals surface area contributed by atoms with Crippen LogP contribution in [0.5, 0.6) is 23.0 Å². The molecule has 0 radical (unpaired) electrons. The summed E-state index contributed by atoms with van der Waals surface area (Å²) in [5.41, 5.74) is 6.90. The van der Waals surface area contributed by atoms with Gasteiger partial charge in [-0.1, -0.05) is 312 Å². The van der Waals surface area contributed by atoms with Crippen molar-refractivity contribution in [3.63, 3.8) is 0 Å². The maximum absolute atomic E-state index is 13.6. The maximum atomic E-state index is 13.6. The number of carbonyl (C=O) groups is 4. The largest absolute Gasteiger partial charge is 0.426 e. The van der Waals surface area contributed by atoms with Gasteiger partial charge in [-0.3, -0.25) is 19.2 Å². The Hall–Kier alpha value is -5.24. The Labute approximate surface area is 534 Å². The molecule has 88 heavy (non-hydrogen) atoms. The Balaban J connectivity index is 0.975. The predicted octanol–water partition coefficient (Wildman–Crippen LogP) is 22.5. The van der Waals surface area contributed by atoms with Gasteiger partial charge in [-0.05, 0) is 92.9 Å². The Bertz CT molecular complexity index is 2650. The van der Waals surface area contributed by atoms with Crippen LogP contribution in [-0.4, -0.2) is 23.9 Å². The molecular formula is C80H118O8. The van der Waals surface area contributed by atoms with Crippen molar-refractivity contribution in [1.29, 1.82) is 0 Å². The van der Waals surface area contributed by atoms with Gasteiger partial charge in [-0.2, -0.15) is 0 Å². The highest BCUT2D eigenvalue weighted by molar-refractivity contribution is 5.92. The van der Waals surface area contributed by atoms with Crippen LogP contribution in [-0.2, 0) is 40.8 Å². The van der Waals surface area contributed by atoms with Gasteiger partial charge in [-0.25, -0.2) is 0 Å². The smallest absolute Gasteiger partial charge is 0.323 e. The number of unbranched alkanes of at least 4 members (excludes halogenated alkanes) is 20. The van der Waals surface area contributed by atoms with Crippen molar-refractivity contribution in [2.45, 2.75) is 323 Å². The highest BCUT2D eigenvalue weighted by atomic mass is 16.6. The van der Waals surface area contributed by atoms with Gasteiger partial charge in [-0.15, -0.1) is 0 Å². The van der Waals surface area contributed by atoms with Crippen molar-refractivity contribution in [3.05, 3.63) is 117 Å². The molecule has 0 saturated carbocycles. The van der Waals surface area contributed by atoms with Crippen LogP contribution in [0.3, 0.4) is 0 Å². The summed E-state index contributed by atoms with van der Waals surface area (Å²) in [5.74, 6) is 1.10. The second-order valence-corrected chi connectivity index (χ2v) is 30.6. The van der Waals surface area contributed by atoms with E-state index in [1.54, 1.807) is 0 Å². The minimum absolute atomic E-state index is 0.104. The SMILES string of the molecule is CCCCCCCCC(CCCCCCCCC(=O)Oc1ccc(C(C)(C)C)cc1C1C(=O)Oc2ccc(C(C)(C)C)cc21)C(CCCCCCCC)CCCCCCCCC(=O)Oc1ccc(C(C)(C)C)cc1C1C(=O)Oc2ccc(C(C)(C)C)cc21. The first-order chi connectivity index (χ1) is 41.8. The fraction of sp³-hybridized carbons (Fsp3) is 0.650. The summed E-state index contributed by atoms with van der Waals surface area (Å²) in [6.07, 6.45) is 35.3. The lowest BCUT2D eigenvalue weighted by Crippen LogP contribution is -2.18. The Morgan fingerprint density at radius 3 is 0.920 bits per heavy atom. The highest BCUT2D eigenvalue weighted by Gasteiger charge is 2.40. The summed E-state index contributed by atoms with van der Waals surface area (Å²) in [5, 5.41) is 0. The molecule has 6 rings (SSSR count). The van der Waals surface area contributed by atoms with Crippen LogP contribution in [0, 0.1) is 11.8 Å². The van der Waals surface area contributed by atoms with Gasteiger partial charge < -0.3 is 18.9 Å². The molecule has 0 bridgehead atoms. The molecule has 0 N–H and O–H groups in total. The number of hydrogen-bond donors (Lipinski definition) is 0. The molecule has 486 valence electrons. The molecule has 2 aliphatic heterocycles. The van der Waals surface area contributed by atoms with Gasteiger partial charge in [0.2, 0.25) is 0 Å². The molecule has 8 nitrogen and oxygen atoms in total. The van der Waals surface area contributed by atoms with Crippen molar-refractivity contribution in [1.82, 2.24) is 0 Å². The van der Waals surface area contributed by atoms with E-state index in [0.717, 1.165) is 83.7 Å². The summed E-state index contributed by atoms with van der Waals surface area (Å²) in [6, 6.07) is 23.9. The van der Waals surface area contributed by atoms with E-state index in [-0.39, 0.29) is 45.5 Å². The lowest BCUT2D eigenvalue weighted by Gasteiger charge is -2.28. The summed E-state index contributed by atoms with van der Waals surface area (Å²) in [4.78, 5) is 54.3. The molecule has 2 heterocycles. The molecule has 4 aromatic carbocycles. The zero-order chi connectivity index (χ0) is 64.1. The molecule has 0 aromatic heterocycles. The lowest BCUT2D eigenvalue weighted by molar-refractivity contribution is -0.136. The van der Waals surface area contributed by atoms with Gasteiger partial charge >= 0.3 is 23.9 Å². The van der Waals surface area contributed by atoms with Gasteiger partial charge in [0, 0.05) is 35.1 Å². The number of carbonyl (C=O) groups excluding carboxylic acids is 4. The molecule has 0 saturated heterocycles. The topological polar surface area (TPSA) is 105 Å². The third kappa shape index (κ3) is 22.0. The third-order valence-corrected chi connectivity index (χ3v) is 19.0. The predicted molar refractivity (Wildman–Crippen MR) is 364 cm³/mol. The van der Waals surface area contributed by atoms with Crippen LogP contribution >= 0.6 is 0 Å². The molecule has 0 aliphatic carbocycles. The number of ether oxygens (including phenoxy) is 4. The van der Waals surface area contributed by atoms with Gasteiger partial charge in [0.05, 0.1) is 0 Å². The maximum Gasteiger partial charge on any atom is 0.323 e. The van der Waals surface area contributed by atoms with Crippen LogP contribution < -0.4 is 18.9 Å². The van der Waals surface area contributed by atoms with Crippen molar-refractivity contribution in [2.24, 2.45) is 11.8 Å². The van der Waals surface area contributed by atoms with Crippen molar-refractivity contribution >= 4 is 23.9 Å². The molecule has 2 aliphatic rings. The number of fused-ring (bicyclic) bond motifs is 2. The summed E-state index contributed by atoms with van der Waals surface area (Å²) >= 11 is 0. The normalized spacial score (nSPS) is 15.8. The Morgan fingerprint density at radius 1 is 0.364 bits per heavy atom. The van der Waals surface area contributed by atoms with E-state index in [0.29, 0.717) is 47.0 Å². The third-order valence-electron chi connectivity index (χ3n) is 19.0. The van der Waals surface area contributed by atoms with Crippen LogP contribution in [0.4, 0.5) is 0 Å². The zero-order valence-electron chi connectivity index (χ0n) is 57.7. The lowest BCUT2D eigenvalue weighted by atomic mass is 9.78. The highest BCUT2D eigenvalue weighted by Crippen LogP contribution is 2.47. The summed E-state index contributed by atoms with van der Waals surface area (Å²) < 4.78 is 23.9. The van der Waals surface area contributed by atoms with Crippen molar-refractivity contribution in [3.8, 4) is 23.0 Å². The van der Waals surface area contributed by atoms with E-state index in [4.69, 9.17) is 18.9 Å². The average Bonchev–Trinajstić information content (AvgIpc) is 2.04. The van der Waals surface area contributed by atoms with Gasteiger partial charge in [0.15, 0.2) is 0 Å². The monoisotopic (exact) mass is 1210 g/mol. The molecule has 4 aromatic rings. The van der Waals surface area contributed by atoms with Crippen LogP contribution in [0.1, 0.15) is 346 Å². The first-order valence-electron chi connectivity index (χ1n) is 35.2. The fourth-order valence-corrected chi connectivity index (χ4v) is 13.2. The summed E-state index contributed by atoms with van der Waals surface area (Å²) in [6.45, 7) is 30.5. The second kappa shape index (κ2) is 34.3. The standard InChI is InChI=1S/C80H118O8/c1-15-17-19-21-27-33-39-57(41-35-29-23-25-31-37-43-71(81)85-67-49-45-59(77(3,4)5)53-63(67)73-65-55-61(79(9,10)11)47-51-69(65)87-75(73)83)58(40-34-28-22-20-18-16-2)42-36-30-24-26-32-38-44-72(82)86-68-50-46-60(78(6,7)8)54-64(68)74-66-56-62(80(12,13)14)48-52-70(66)88-76(74)84/h45-58,73-74H,15-44H2,1-14H3. The molecule has 0 spiro atoms. The zero-order valence-corrected chi connectivity index (χ0v) is 57.7. The number of rotatable bonds is 37. The van der Waals surface area contributed by atoms with Crippen molar-refractivity contribution in [2.75, 3.05) is 0 Å². The first kappa shape index (κ1) is 71.8. The number of hydrogen-bond acceptors (Lipinski definition) is 8. The van der Waals surface area contributed by atoms with E-state index >= 15 is 0 Å². The second-order valence-electron chi connectivity index (χ2n) is 30.6. The quantitative estimate of drug-likeness (QED) is 0.0250. The molecule has 0 amide bonds. The van der Waals surface area contributed by atoms with Gasteiger partial charge in [0.1, 0.15) is 34.8 Å². The molecule has 0 fully saturated rings. The average molecular weight is 1210 g/mol. The van der Waals surface area contributed by atoms with Crippen LogP contribution in [0.15, 0.2) is 72.8 Å². The fourth-order valence-electron chi connectivity index (χ4n) is 13.2.